The molecule has 3 rings (SSSR count). The van der Waals surface area contributed by atoms with Gasteiger partial charge in [-0.05, 0) is 32.6 Å². The zero-order valence-electron chi connectivity index (χ0n) is 10.2. The van der Waals surface area contributed by atoms with Gasteiger partial charge >= 0.3 is 0 Å². The predicted molar refractivity (Wildman–Crippen MR) is 66.9 cm³/mol. The van der Waals surface area contributed by atoms with Gasteiger partial charge in [0.15, 0.2) is 0 Å². The molecule has 2 aliphatic rings. The van der Waals surface area contributed by atoms with Crippen LogP contribution >= 0.6 is 11.6 Å². The molecule has 2 saturated heterocycles. The molecule has 0 amide bonds. The monoisotopic (exact) mass is 254 g/mol. The lowest BCUT2D eigenvalue weighted by atomic mass is 10.0. The number of alkyl halides is 1. The Morgan fingerprint density at radius 1 is 1.35 bits per heavy atom. The van der Waals surface area contributed by atoms with Gasteiger partial charge in [-0.2, -0.15) is 5.10 Å². The molecule has 0 radical (unpaired) electrons. The maximum Gasteiger partial charge on any atom is 0.141 e. The van der Waals surface area contributed by atoms with Gasteiger partial charge in [-0.3, -0.25) is 4.90 Å². The highest BCUT2D eigenvalue weighted by Gasteiger charge is 2.40. The molecule has 3 heterocycles. The highest BCUT2D eigenvalue weighted by Crippen LogP contribution is 2.38. The number of hydrogen-bond donors (Lipinski definition) is 0. The third-order valence-corrected chi connectivity index (χ3v) is 4.50. The second-order valence-corrected chi connectivity index (χ2v) is 5.74. The number of nitrogens with zero attached hydrogens (tertiary/aromatic N) is 4. The molecule has 2 atom stereocenters. The van der Waals surface area contributed by atoms with Crippen LogP contribution in [0.5, 0.6) is 0 Å². The van der Waals surface area contributed by atoms with Gasteiger partial charge in [0.1, 0.15) is 12.2 Å². The van der Waals surface area contributed by atoms with Gasteiger partial charge in [-0.15, -0.1) is 11.6 Å². The second-order valence-electron chi connectivity index (χ2n) is 5.12. The fourth-order valence-electron chi connectivity index (χ4n) is 3.30. The van der Waals surface area contributed by atoms with E-state index in [2.05, 4.69) is 21.9 Å². The molecule has 2 unspecified atom stereocenters. The van der Waals surface area contributed by atoms with Crippen LogP contribution in [-0.2, 0) is 13.1 Å². The standard InChI is InChI=1S/C12H19ClN4/c1-2-17-12(14-8-15-17)7-16-10-3-4-11(16)6-9(13)5-10/h8-11H,2-7H2,1H3. The molecule has 2 aliphatic heterocycles. The molecule has 0 saturated carbocycles. The van der Waals surface area contributed by atoms with E-state index in [1.807, 2.05) is 4.68 Å². The minimum Gasteiger partial charge on any atom is -0.290 e. The summed E-state index contributed by atoms with van der Waals surface area (Å²) in [6, 6.07) is 1.33. The van der Waals surface area contributed by atoms with Crippen molar-refractivity contribution in [2.45, 2.75) is 63.2 Å². The lowest BCUT2D eigenvalue weighted by Crippen LogP contribution is -2.43. The van der Waals surface area contributed by atoms with Crippen LogP contribution in [-0.4, -0.2) is 37.1 Å². The summed E-state index contributed by atoms with van der Waals surface area (Å²) in [6.07, 6.45) is 6.54. The first-order valence-corrected chi connectivity index (χ1v) is 6.98. The summed E-state index contributed by atoms with van der Waals surface area (Å²) in [7, 11) is 0. The van der Waals surface area contributed by atoms with Crippen molar-refractivity contribution in [3.8, 4) is 0 Å². The maximum atomic E-state index is 6.29. The quantitative estimate of drug-likeness (QED) is 0.774. The molecule has 2 bridgehead atoms. The summed E-state index contributed by atoms with van der Waals surface area (Å²) >= 11 is 6.29. The van der Waals surface area contributed by atoms with Crippen LogP contribution in [0.4, 0.5) is 0 Å². The highest BCUT2D eigenvalue weighted by atomic mass is 35.5. The minimum absolute atomic E-state index is 0.382. The van der Waals surface area contributed by atoms with Crippen LogP contribution in [0, 0.1) is 0 Å². The summed E-state index contributed by atoms with van der Waals surface area (Å²) in [5.41, 5.74) is 0. The molecule has 17 heavy (non-hydrogen) atoms. The van der Waals surface area contributed by atoms with Crippen molar-refractivity contribution in [1.82, 2.24) is 19.7 Å². The van der Waals surface area contributed by atoms with Gasteiger partial charge in [0.2, 0.25) is 0 Å². The van der Waals surface area contributed by atoms with Crippen molar-refractivity contribution in [2.75, 3.05) is 0 Å². The average molecular weight is 255 g/mol. The van der Waals surface area contributed by atoms with Gasteiger partial charge in [-0.25, -0.2) is 9.67 Å². The lowest BCUT2D eigenvalue weighted by molar-refractivity contribution is 0.129. The van der Waals surface area contributed by atoms with E-state index in [0.29, 0.717) is 17.5 Å². The van der Waals surface area contributed by atoms with Gasteiger partial charge in [0, 0.05) is 24.0 Å². The van der Waals surface area contributed by atoms with Crippen molar-refractivity contribution in [1.29, 1.82) is 0 Å². The zero-order chi connectivity index (χ0) is 11.8. The van der Waals surface area contributed by atoms with E-state index in [1.165, 1.54) is 12.8 Å². The summed E-state index contributed by atoms with van der Waals surface area (Å²) in [6.45, 7) is 3.95. The molecule has 2 fully saturated rings. The lowest BCUT2D eigenvalue weighted by Gasteiger charge is -2.36. The molecule has 1 aromatic rings. The normalized spacial score (nSPS) is 33.2. The Kier molecular flexibility index (Phi) is 3.09. The van der Waals surface area contributed by atoms with E-state index in [-0.39, 0.29) is 0 Å². The Bertz CT molecular complexity index is 378. The van der Waals surface area contributed by atoms with E-state index in [0.717, 1.165) is 31.8 Å². The third-order valence-electron chi connectivity index (χ3n) is 4.15. The largest absolute Gasteiger partial charge is 0.290 e. The average Bonchev–Trinajstić information content (AvgIpc) is 2.84. The van der Waals surface area contributed by atoms with Crippen LogP contribution in [0.25, 0.3) is 0 Å². The van der Waals surface area contributed by atoms with Crippen molar-refractivity contribution < 1.29 is 0 Å². The van der Waals surface area contributed by atoms with Crippen molar-refractivity contribution >= 4 is 11.6 Å². The second kappa shape index (κ2) is 4.58. The molecule has 1 aromatic heterocycles. The Balaban J connectivity index is 1.74. The number of rotatable bonds is 3. The number of halogens is 1. The van der Waals surface area contributed by atoms with Crippen molar-refractivity contribution in [3.05, 3.63) is 12.2 Å². The molecule has 0 N–H and O–H groups in total. The van der Waals surface area contributed by atoms with Crippen LogP contribution in [0.3, 0.4) is 0 Å². The number of aryl methyl sites for hydroxylation is 1. The highest BCUT2D eigenvalue weighted by molar-refractivity contribution is 6.20. The molecule has 4 nitrogen and oxygen atoms in total. The number of aromatic nitrogens is 3. The molecule has 5 heteroatoms. The number of piperidine rings is 1. The third kappa shape index (κ3) is 2.08. The predicted octanol–water partition coefficient (Wildman–Crippen LogP) is 2.03. The van der Waals surface area contributed by atoms with Crippen LogP contribution in [0.2, 0.25) is 0 Å². The summed E-state index contributed by atoms with van der Waals surface area (Å²) in [4.78, 5) is 6.97. The van der Waals surface area contributed by atoms with E-state index in [4.69, 9.17) is 11.6 Å². The van der Waals surface area contributed by atoms with E-state index < -0.39 is 0 Å². The van der Waals surface area contributed by atoms with Gasteiger partial charge in [0.25, 0.3) is 0 Å². The van der Waals surface area contributed by atoms with Crippen LogP contribution in [0.15, 0.2) is 6.33 Å². The molecular formula is C12H19ClN4. The molecular weight excluding hydrogens is 236 g/mol. The minimum atomic E-state index is 0.382. The molecule has 0 aliphatic carbocycles. The van der Waals surface area contributed by atoms with E-state index >= 15 is 0 Å². The van der Waals surface area contributed by atoms with Gasteiger partial charge < -0.3 is 0 Å². The molecule has 0 spiro atoms. The van der Waals surface area contributed by atoms with E-state index in [1.54, 1.807) is 6.33 Å². The Morgan fingerprint density at radius 2 is 2.06 bits per heavy atom. The fraction of sp³-hybridized carbons (Fsp3) is 0.833. The summed E-state index contributed by atoms with van der Waals surface area (Å²) < 4.78 is 1.99. The van der Waals surface area contributed by atoms with Crippen molar-refractivity contribution in [3.63, 3.8) is 0 Å². The zero-order valence-corrected chi connectivity index (χ0v) is 11.0. The summed E-state index contributed by atoms with van der Waals surface area (Å²) in [5.74, 6) is 1.09. The Morgan fingerprint density at radius 3 is 2.71 bits per heavy atom. The number of hydrogen-bond acceptors (Lipinski definition) is 3. The molecule has 94 valence electrons. The van der Waals surface area contributed by atoms with Gasteiger partial charge in [0.05, 0.1) is 6.54 Å². The fourth-order valence-corrected chi connectivity index (χ4v) is 3.72. The van der Waals surface area contributed by atoms with Crippen LogP contribution in [0.1, 0.15) is 38.4 Å². The topological polar surface area (TPSA) is 34.0 Å². The SMILES string of the molecule is CCn1ncnc1CN1C2CCC1CC(Cl)C2. The smallest absolute Gasteiger partial charge is 0.141 e. The van der Waals surface area contributed by atoms with Crippen LogP contribution < -0.4 is 0 Å². The first kappa shape index (κ1) is 11.5. The van der Waals surface area contributed by atoms with E-state index in [9.17, 15) is 0 Å². The maximum absolute atomic E-state index is 6.29. The van der Waals surface area contributed by atoms with Gasteiger partial charge in [-0.1, -0.05) is 0 Å². The first-order valence-electron chi connectivity index (χ1n) is 6.54. The first-order chi connectivity index (χ1) is 8.28. The Labute approximate surface area is 107 Å². The Hall–Kier alpha value is -0.610. The number of fused-ring (bicyclic) bond motifs is 2. The summed E-state index contributed by atoms with van der Waals surface area (Å²) in [5, 5.41) is 4.62. The van der Waals surface area contributed by atoms with Crippen molar-refractivity contribution in [2.24, 2.45) is 0 Å². The molecule has 0 aromatic carbocycles.